The zero-order chi connectivity index (χ0) is 13.1. The molecule has 2 N–H and O–H groups in total. The van der Waals surface area contributed by atoms with Crippen LogP contribution in [-0.4, -0.2) is 16.1 Å². The van der Waals surface area contributed by atoms with Crippen molar-refractivity contribution in [3.05, 3.63) is 44.9 Å². The molecule has 2 aromatic rings. The molecule has 0 aliphatic rings. The van der Waals surface area contributed by atoms with Gasteiger partial charge in [0.15, 0.2) is 0 Å². The molecule has 1 heterocycles. The van der Waals surface area contributed by atoms with Crippen molar-refractivity contribution in [2.75, 3.05) is 5.32 Å². The first-order valence-electron chi connectivity index (χ1n) is 5.24. The fraction of sp³-hybridized carbons (Fsp3) is 0.167. The molecule has 1 aromatic heterocycles. The van der Waals surface area contributed by atoms with Gasteiger partial charge in [-0.25, -0.2) is 9.78 Å². The number of thiazole rings is 1. The highest BCUT2D eigenvalue weighted by Gasteiger charge is 2.06. The summed E-state index contributed by atoms with van der Waals surface area (Å²) >= 11 is 7.21. The van der Waals surface area contributed by atoms with Crippen LogP contribution in [0.2, 0.25) is 4.34 Å². The number of benzene rings is 1. The number of aryl methyl sites for hydroxylation is 1. The van der Waals surface area contributed by atoms with Crippen molar-refractivity contribution in [2.24, 2.45) is 0 Å². The van der Waals surface area contributed by atoms with E-state index in [4.69, 9.17) is 16.7 Å². The number of carboxylic acids is 1. The number of hydrogen-bond donors (Lipinski definition) is 2. The SMILES string of the molecule is Cc1cc(C(=O)O)ccc1NCc1ncc(Cl)s1. The number of halogens is 1. The lowest BCUT2D eigenvalue weighted by Gasteiger charge is -2.08. The van der Waals surface area contributed by atoms with Crippen LogP contribution >= 0.6 is 22.9 Å². The molecular weight excluding hydrogens is 272 g/mol. The number of nitrogens with zero attached hydrogens (tertiary/aromatic N) is 1. The molecule has 0 aliphatic heterocycles. The molecule has 94 valence electrons. The Morgan fingerprint density at radius 1 is 1.56 bits per heavy atom. The summed E-state index contributed by atoms with van der Waals surface area (Å²) in [6.45, 7) is 2.44. The van der Waals surface area contributed by atoms with E-state index in [1.165, 1.54) is 11.3 Å². The Labute approximate surface area is 113 Å². The number of anilines is 1. The van der Waals surface area contributed by atoms with Crippen molar-refractivity contribution in [1.82, 2.24) is 4.98 Å². The van der Waals surface area contributed by atoms with Gasteiger partial charge >= 0.3 is 5.97 Å². The van der Waals surface area contributed by atoms with Gasteiger partial charge in [0.1, 0.15) is 9.34 Å². The Morgan fingerprint density at radius 3 is 2.89 bits per heavy atom. The van der Waals surface area contributed by atoms with Gasteiger partial charge in [-0.1, -0.05) is 11.6 Å². The summed E-state index contributed by atoms with van der Waals surface area (Å²) in [6, 6.07) is 4.97. The van der Waals surface area contributed by atoms with Gasteiger partial charge < -0.3 is 10.4 Å². The third-order valence-electron chi connectivity index (χ3n) is 2.43. The highest BCUT2D eigenvalue weighted by Crippen LogP contribution is 2.21. The molecule has 0 unspecified atom stereocenters. The predicted octanol–water partition coefficient (Wildman–Crippen LogP) is 3.42. The maximum absolute atomic E-state index is 10.8. The Morgan fingerprint density at radius 2 is 2.33 bits per heavy atom. The van der Waals surface area contributed by atoms with Crippen molar-refractivity contribution in [1.29, 1.82) is 0 Å². The molecule has 6 heteroatoms. The van der Waals surface area contributed by atoms with Crippen LogP contribution in [0.4, 0.5) is 5.69 Å². The summed E-state index contributed by atoms with van der Waals surface area (Å²) in [5.74, 6) is -0.920. The minimum absolute atomic E-state index is 0.287. The normalized spacial score (nSPS) is 10.3. The third kappa shape index (κ3) is 3.00. The summed E-state index contributed by atoms with van der Waals surface area (Å²) in [5, 5.41) is 13.0. The Bertz CT molecular complexity index is 583. The predicted molar refractivity (Wildman–Crippen MR) is 72.6 cm³/mol. The molecule has 1 aromatic carbocycles. The molecule has 0 saturated heterocycles. The second-order valence-corrected chi connectivity index (χ2v) is 5.49. The zero-order valence-corrected chi connectivity index (χ0v) is 11.2. The number of carbonyl (C=O) groups is 1. The summed E-state index contributed by atoms with van der Waals surface area (Å²) in [4.78, 5) is 14.9. The minimum atomic E-state index is -0.920. The molecular formula is C12H11ClN2O2S. The molecule has 0 aliphatic carbocycles. The zero-order valence-electron chi connectivity index (χ0n) is 9.61. The molecule has 0 bridgehead atoms. The minimum Gasteiger partial charge on any atom is -0.478 e. The average molecular weight is 283 g/mol. The molecule has 18 heavy (non-hydrogen) atoms. The van der Waals surface area contributed by atoms with Crippen LogP contribution < -0.4 is 5.32 Å². The fourth-order valence-electron chi connectivity index (χ4n) is 1.54. The van der Waals surface area contributed by atoms with E-state index in [9.17, 15) is 4.79 Å². The number of nitrogens with one attached hydrogen (secondary N) is 1. The highest BCUT2D eigenvalue weighted by atomic mass is 35.5. The number of rotatable bonds is 4. The lowest BCUT2D eigenvalue weighted by atomic mass is 10.1. The first-order valence-corrected chi connectivity index (χ1v) is 6.44. The monoisotopic (exact) mass is 282 g/mol. The van der Waals surface area contributed by atoms with Gasteiger partial charge in [0.25, 0.3) is 0 Å². The van der Waals surface area contributed by atoms with Gasteiger partial charge in [0.2, 0.25) is 0 Å². The van der Waals surface area contributed by atoms with E-state index in [1.807, 2.05) is 6.92 Å². The summed E-state index contributed by atoms with van der Waals surface area (Å²) in [5.41, 5.74) is 2.07. The number of aromatic nitrogens is 1. The molecule has 4 nitrogen and oxygen atoms in total. The van der Waals surface area contributed by atoms with Crippen molar-refractivity contribution >= 4 is 34.6 Å². The quantitative estimate of drug-likeness (QED) is 0.902. The lowest BCUT2D eigenvalue weighted by molar-refractivity contribution is 0.0697. The van der Waals surface area contributed by atoms with Gasteiger partial charge in [-0.2, -0.15) is 0 Å². The molecule has 0 fully saturated rings. The van der Waals surface area contributed by atoms with Crippen LogP contribution in [0, 0.1) is 6.92 Å². The summed E-state index contributed by atoms with van der Waals surface area (Å²) < 4.78 is 0.657. The largest absolute Gasteiger partial charge is 0.478 e. The van der Waals surface area contributed by atoms with Crippen molar-refractivity contribution in [3.63, 3.8) is 0 Å². The smallest absolute Gasteiger partial charge is 0.335 e. The van der Waals surface area contributed by atoms with Crippen LogP contribution in [0.3, 0.4) is 0 Å². The topological polar surface area (TPSA) is 62.2 Å². The van der Waals surface area contributed by atoms with Crippen LogP contribution in [-0.2, 0) is 6.54 Å². The van der Waals surface area contributed by atoms with E-state index in [0.29, 0.717) is 10.9 Å². The maximum Gasteiger partial charge on any atom is 0.335 e. The number of aromatic carboxylic acids is 1. The van der Waals surface area contributed by atoms with Crippen molar-refractivity contribution in [2.45, 2.75) is 13.5 Å². The summed E-state index contributed by atoms with van der Waals surface area (Å²) in [6.07, 6.45) is 1.61. The molecule has 0 saturated carbocycles. The maximum atomic E-state index is 10.8. The summed E-state index contributed by atoms with van der Waals surface area (Å²) in [7, 11) is 0. The highest BCUT2D eigenvalue weighted by molar-refractivity contribution is 7.15. The Balaban J connectivity index is 2.08. The number of hydrogen-bond acceptors (Lipinski definition) is 4. The Kier molecular flexibility index (Phi) is 3.84. The van der Waals surface area contributed by atoms with Gasteiger partial charge in [-0.05, 0) is 30.7 Å². The number of carboxylic acid groups (broad SMARTS) is 1. The van der Waals surface area contributed by atoms with E-state index < -0.39 is 5.97 Å². The van der Waals surface area contributed by atoms with E-state index in [1.54, 1.807) is 24.4 Å². The lowest BCUT2D eigenvalue weighted by Crippen LogP contribution is -2.02. The van der Waals surface area contributed by atoms with E-state index in [0.717, 1.165) is 16.3 Å². The van der Waals surface area contributed by atoms with Crippen LogP contribution in [0.15, 0.2) is 24.4 Å². The second-order valence-electron chi connectivity index (χ2n) is 3.75. The first kappa shape index (κ1) is 12.9. The van der Waals surface area contributed by atoms with Gasteiger partial charge in [0, 0.05) is 5.69 Å². The van der Waals surface area contributed by atoms with Gasteiger partial charge in [-0.3, -0.25) is 0 Å². The first-order chi connectivity index (χ1) is 8.56. The van der Waals surface area contributed by atoms with Crippen molar-refractivity contribution in [3.8, 4) is 0 Å². The van der Waals surface area contributed by atoms with Gasteiger partial charge in [-0.15, -0.1) is 11.3 Å². The molecule has 0 spiro atoms. The van der Waals surface area contributed by atoms with E-state index in [-0.39, 0.29) is 5.56 Å². The average Bonchev–Trinajstić information content (AvgIpc) is 2.73. The van der Waals surface area contributed by atoms with Crippen LogP contribution in [0.1, 0.15) is 20.9 Å². The third-order valence-corrected chi connectivity index (χ3v) is 3.54. The van der Waals surface area contributed by atoms with E-state index >= 15 is 0 Å². The standard InChI is InChI=1S/C12H11ClN2O2S/c1-7-4-8(12(16)17)2-3-9(7)14-6-11-15-5-10(13)18-11/h2-5,14H,6H2,1H3,(H,16,17). The van der Waals surface area contributed by atoms with Crippen molar-refractivity contribution < 1.29 is 9.90 Å². The molecule has 0 radical (unpaired) electrons. The van der Waals surface area contributed by atoms with Crippen LogP contribution in [0.25, 0.3) is 0 Å². The second kappa shape index (κ2) is 5.37. The van der Waals surface area contributed by atoms with E-state index in [2.05, 4.69) is 10.3 Å². The molecule has 0 atom stereocenters. The fourth-order valence-corrected chi connectivity index (χ4v) is 2.43. The van der Waals surface area contributed by atoms with Gasteiger partial charge in [0.05, 0.1) is 18.3 Å². The Hall–Kier alpha value is -1.59. The van der Waals surface area contributed by atoms with Crippen LogP contribution in [0.5, 0.6) is 0 Å². The molecule has 2 rings (SSSR count). The molecule has 0 amide bonds.